The van der Waals surface area contributed by atoms with Crippen molar-refractivity contribution in [1.82, 2.24) is 0 Å². The molecule has 1 aromatic rings. The Hall–Kier alpha value is 3.06. The van der Waals surface area contributed by atoms with Gasteiger partial charge in [0, 0.05) is 5.19 Å². The van der Waals surface area contributed by atoms with Crippen molar-refractivity contribution >= 4 is 146 Å². The van der Waals surface area contributed by atoms with Gasteiger partial charge in [0.1, 0.15) is 0 Å². The Morgan fingerprint density at radius 2 is 1.09 bits per heavy atom. The lowest BCUT2D eigenvalue weighted by Crippen LogP contribution is -2.31. The number of hydrogen-bond acceptors (Lipinski definition) is 0. The average Bonchev–Trinajstić information content (AvgIpc) is 2.28. The van der Waals surface area contributed by atoms with Crippen LogP contribution in [-0.2, 0) is 0 Å². The first-order chi connectivity index (χ1) is 9.63. The Morgan fingerprint density at radius 1 is 0.682 bits per heavy atom. The highest BCUT2D eigenvalue weighted by Crippen LogP contribution is 2.34. The molecule has 0 bridgehead atoms. The van der Waals surface area contributed by atoms with E-state index in [2.05, 4.69) is 0 Å². The van der Waals surface area contributed by atoms with Crippen molar-refractivity contribution < 1.29 is 0 Å². The van der Waals surface area contributed by atoms with E-state index in [0.29, 0.717) is 27.3 Å². The minimum absolute atomic E-state index is 0.339. The largest absolute Gasteiger partial charge is 0.374 e. The molecule has 0 aromatic heterocycles. The van der Waals surface area contributed by atoms with Gasteiger partial charge in [-0.05, 0) is 18.2 Å². The molecule has 0 aliphatic heterocycles. The molecule has 0 nitrogen and oxygen atoms in total. The molecular formula is C8H7Cl11Si3. The highest BCUT2D eigenvalue weighted by atomic mass is 35.9. The smallest absolute Gasteiger partial charge is 0.126 e. The fourth-order valence-corrected chi connectivity index (χ4v) is 11.7. The van der Waals surface area contributed by atoms with Crippen LogP contribution < -0.4 is 5.19 Å². The summed E-state index contributed by atoms with van der Waals surface area (Å²) in [7, 11) is 0. The monoisotopic (exact) mass is 572 g/mol. The van der Waals surface area contributed by atoms with Gasteiger partial charge in [-0.2, -0.15) is 0 Å². The first kappa shape index (κ1) is 25.1. The number of benzene rings is 1. The van der Waals surface area contributed by atoms with Crippen LogP contribution in [0.4, 0.5) is 0 Å². The molecule has 0 N–H and O–H groups in total. The Labute approximate surface area is 184 Å². The maximum absolute atomic E-state index is 5.83. The fourth-order valence-electron chi connectivity index (χ4n) is 1.01. The zero-order chi connectivity index (χ0) is 17.8. The second kappa shape index (κ2) is 10.4. The molecule has 14 heteroatoms. The van der Waals surface area contributed by atoms with Crippen LogP contribution in [0.5, 0.6) is 0 Å². The maximum Gasteiger partial charge on any atom is 0.374 e. The van der Waals surface area contributed by atoms with E-state index in [-0.39, 0.29) is 0 Å². The number of rotatable bonds is 4. The van der Waals surface area contributed by atoms with Gasteiger partial charge in [-0.1, -0.05) is 35.3 Å². The van der Waals surface area contributed by atoms with Gasteiger partial charge in [0.2, 0.25) is 0 Å². The molecule has 0 unspecified atom stereocenters. The Morgan fingerprint density at radius 3 is 1.36 bits per heavy atom. The van der Waals surface area contributed by atoms with Crippen molar-refractivity contribution in [3.63, 3.8) is 0 Å². The van der Waals surface area contributed by atoms with Gasteiger partial charge < -0.3 is 0 Å². The van der Waals surface area contributed by atoms with Gasteiger partial charge in [0.05, 0.1) is 10.0 Å². The molecule has 0 amide bonds. The van der Waals surface area contributed by atoms with Crippen molar-refractivity contribution in [2.45, 2.75) is 12.1 Å². The summed E-state index contributed by atoms with van der Waals surface area (Å²) in [6.07, 6.45) is 0. The third kappa shape index (κ3) is 12.4. The number of halogens is 11. The third-order valence-electron chi connectivity index (χ3n) is 1.95. The highest BCUT2D eigenvalue weighted by molar-refractivity contribution is 7.69. The summed E-state index contributed by atoms with van der Waals surface area (Å²) in [5.74, 6) is 0. The van der Waals surface area contributed by atoms with Crippen molar-refractivity contribution in [2.24, 2.45) is 0 Å². The van der Waals surface area contributed by atoms with Gasteiger partial charge in [-0.3, -0.25) is 0 Å². The van der Waals surface area contributed by atoms with E-state index in [0.717, 1.165) is 0 Å². The molecule has 0 fully saturated rings. The van der Waals surface area contributed by atoms with Crippen LogP contribution in [0.25, 0.3) is 0 Å². The summed E-state index contributed by atoms with van der Waals surface area (Å²) < 4.78 is 0. The predicted molar refractivity (Wildman–Crippen MR) is 116 cm³/mol. The molecular weight excluding hydrogens is 570 g/mol. The van der Waals surface area contributed by atoms with E-state index in [1.807, 2.05) is 0 Å². The predicted octanol–water partition coefficient (Wildman–Crippen LogP) is 8.15. The summed E-state index contributed by atoms with van der Waals surface area (Å²) in [4.78, 5) is 0. The standard InChI is InChI=1S/C6H3Cl5Si.C2H4Cl6Si2/c7-4-2-1-3-5(6(4)8)12(9,10)11;3-9(4,5)1-2-10(6,7)8/h1-3H;1-2H2. The molecule has 0 saturated heterocycles. The minimum atomic E-state index is -2.91. The first-order valence-electron chi connectivity index (χ1n) is 5.28. The minimum Gasteiger partial charge on any atom is -0.126 e. The van der Waals surface area contributed by atoms with Crippen LogP contribution in [0.2, 0.25) is 22.1 Å². The second-order valence-corrected chi connectivity index (χ2v) is 31.5. The van der Waals surface area contributed by atoms with Crippen LogP contribution in [0, 0.1) is 0 Å². The topological polar surface area (TPSA) is 0 Å². The van der Waals surface area contributed by atoms with Crippen molar-refractivity contribution in [2.75, 3.05) is 0 Å². The van der Waals surface area contributed by atoms with Gasteiger partial charge in [-0.15, -0.1) is 99.7 Å². The lowest BCUT2D eigenvalue weighted by Gasteiger charge is -2.10. The first-order valence-corrected chi connectivity index (χ1v) is 21.6. The molecule has 0 aliphatic carbocycles. The van der Waals surface area contributed by atoms with Crippen molar-refractivity contribution in [3.05, 3.63) is 28.2 Å². The molecule has 0 saturated carbocycles. The van der Waals surface area contributed by atoms with Gasteiger partial charge in [0.15, 0.2) is 0 Å². The molecule has 22 heavy (non-hydrogen) atoms. The van der Waals surface area contributed by atoms with Crippen LogP contribution in [-0.4, -0.2) is 18.0 Å². The fraction of sp³-hybridized carbons (Fsp3) is 0.250. The summed E-state index contributed by atoms with van der Waals surface area (Å²) in [5, 5.41) is 1.28. The zero-order valence-corrected chi connectivity index (χ0v) is 21.6. The normalized spacial score (nSPS) is 12.7. The second-order valence-electron chi connectivity index (χ2n) is 3.83. The van der Waals surface area contributed by atoms with E-state index < -0.39 is 18.0 Å². The van der Waals surface area contributed by atoms with Gasteiger partial charge >= 0.3 is 18.0 Å². The molecule has 0 heterocycles. The average molecular weight is 577 g/mol. The molecule has 1 aromatic carbocycles. The van der Waals surface area contributed by atoms with E-state index >= 15 is 0 Å². The molecule has 0 spiro atoms. The van der Waals surface area contributed by atoms with E-state index in [1.54, 1.807) is 18.2 Å². The summed E-state index contributed by atoms with van der Waals surface area (Å²) in [6.45, 7) is 0. The summed E-state index contributed by atoms with van der Waals surface area (Å²) in [6, 6.07) is -2.15. The summed E-state index contributed by atoms with van der Waals surface area (Å²) >= 11 is 62.2. The lowest BCUT2D eigenvalue weighted by atomic mass is 10.4. The van der Waals surface area contributed by atoms with Crippen LogP contribution >= 0.6 is 123 Å². The molecule has 0 atom stereocenters. The van der Waals surface area contributed by atoms with E-state index in [1.165, 1.54) is 0 Å². The highest BCUT2D eigenvalue weighted by Gasteiger charge is 2.33. The number of hydrogen-bond donors (Lipinski definition) is 0. The Balaban J connectivity index is 0.000000409. The van der Waals surface area contributed by atoms with Gasteiger partial charge in [-0.25, -0.2) is 0 Å². The Kier molecular flexibility index (Phi) is 11.9. The Bertz CT molecular complexity index is 462. The molecule has 0 radical (unpaired) electrons. The van der Waals surface area contributed by atoms with Crippen LogP contribution in [0.15, 0.2) is 18.2 Å². The van der Waals surface area contributed by atoms with Crippen LogP contribution in [0.1, 0.15) is 0 Å². The maximum atomic E-state index is 5.83. The molecule has 1 rings (SSSR count). The van der Waals surface area contributed by atoms with Crippen molar-refractivity contribution in [1.29, 1.82) is 0 Å². The summed E-state index contributed by atoms with van der Waals surface area (Å²) in [5.41, 5.74) is 0. The van der Waals surface area contributed by atoms with E-state index in [9.17, 15) is 0 Å². The molecule has 0 aliphatic rings. The van der Waals surface area contributed by atoms with Gasteiger partial charge in [0.25, 0.3) is 0 Å². The SMILES string of the molecule is Cl[Si](Cl)(Cl)CC[Si](Cl)(Cl)Cl.Clc1cccc([Si](Cl)(Cl)Cl)c1Cl. The quantitative estimate of drug-likeness (QED) is 0.250. The van der Waals surface area contributed by atoms with Crippen molar-refractivity contribution in [3.8, 4) is 0 Å². The third-order valence-corrected chi connectivity index (χ3v) is 11.3. The molecule has 128 valence electrons. The zero-order valence-electron chi connectivity index (χ0n) is 10.3. The van der Waals surface area contributed by atoms with E-state index in [4.69, 9.17) is 123 Å². The van der Waals surface area contributed by atoms with Crippen LogP contribution in [0.3, 0.4) is 0 Å². The lowest BCUT2D eigenvalue weighted by molar-refractivity contribution is 1.42.